The minimum Gasteiger partial charge on any atom is -0.403 e. The molecule has 0 bridgehead atoms. The van der Waals surface area contributed by atoms with Gasteiger partial charge in [-0.05, 0) is 48.0 Å². The van der Waals surface area contributed by atoms with Gasteiger partial charge >= 0.3 is 7.12 Å². The number of Topliss-reactive ketones (excluding diaryl/α,β-unsaturated/α-hetero) is 2. The number of rotatable bonds is 6. The van der Waals surface area contributed by atoms with Gasteiger partial charge in [-0.25, -0.2) is 0 Å². The van der Waals surface area contributed by atoms with Crippen molar-refractivity contribution in [2.24, 2.45) is 5.92 Å². The van der Waals surface area contributed by atoms with Gasteiger partial charge in [-0.15, -0.1) is 0 Å². The summed E-state index contributed by atoms with van der Waals surface area (Å²) in [4.78, 5) is 22.6. The largest absolute Gasteiger partial charge is 0.461 e. The second-order valence-corrected chi connectivity index (χ2v) is 6.40. The van der Waals surface area contributed by atoms with Crippen molar-refractivity contribution in [1.82, 2.24) is 0 Å². The molecule has 20 heavy (non-hydrogen) atoms. The Kier molecular flexibility index (Phi) is 5.33. The van der Waals surface area contributed by atoms with Crippen LogP contribution in [0.3, 0.4) is 0 Å². The Hall–Kier alpha value is -0.935. The van der Waals surface area contributed by atoms with Gasteiger partial charge in [-0.3, -0.25) is 9.59 Å². The summed E-state index contributed by atoms with van der Waals surface area (Å²) in [5, 5.41) is 0. The molecule has 0 spiro atoms. The molecule has 0 atom stereocenters. The van der Waals surface area contributed by atoms with E-state index in [1.165, 1.54) is 13.8 Å². The average molecular weight is 280 g/mol. The van der Waals surface area contributed by atoms with Crippen molar-refractivity contribution in [3.8, 4) is 0 Å². The summed E-state index contributed by atoms with van der Waals surface area (Å²) in [6.45, 7) is 11.0. The Morgan fingerprint density at radius 2 is 1.45 bits per heavy atom. The summed E-state index contributed by atoms with van der Waals surface area (Å²) >= 11 is 0. The van der Waals surface area contributed by atoms with Crippen molar-refractivity contribution in [3.63, 3.8) is 0 Å². The van der Waals surface area contributed by atoms with Crippen LogP contribution in [-0.4, -0.2) is 29.9 Å². The highest BCUT2D eigenvalue weighted by Gasteiger charge is 2.50. The molecule has 1 rings (SSSR count). The van der Waals surface area contributed by atoms with E-state index in [1.54, 1.807) is 0 Å². The molecule has 0 aromatic heterocycles. The van der Waals surface area contributed by atoms with Crippen LogP contribution in [0.4, 0.5) is 0 Å². The van der Waals surface area contributed by atoms with E-state index in [1.807, 2.05) is 39.8 Å². The fourth-order valence-corrected chi connectivity index (χ4v) is 2.12. The van der Waals surface area contributed by atoms with E-state index in [4.69, 9.17) is 9.31 Å². The molecule has 112 valence electrons. The standard InChI is InChI=1S/C15H25BO4/c1-11(17)13(12(2)18)9-7-8-10-16-19-14(3,4)15(5,6)20-16/h7-8,13H,9-10H2,1-6H3/b8-7+. The van der Waals surface area contributed by atoms with Crippen molar-refractivity contribution in [3.05, 3.63) is 12.2 Å². The maximum atomic E-state index is 11.3. The van der Waals surface area contributed by atoms with Gasteiger partial charge in [0.25, 0.3) is 0 Å². The van der Waals surface area contributed by atoms with Crippen molar-refractivity contribution in [2.45, 2.75) is 65.5 Å². The van der Waals surface area contributed by atoms with Crippen LogP contribution in [0.15, 0.2) is 12.2 Å². The van der Waals surface area contributed by atoms with Gasteiger partial charge in [0.2, 0.25) is 0 Å². The van der Waals surface area contributed by atoms with Gasteiger partial charge < -0.3 is 9.31 Å². The number of ketones is 2. The fourth-order valence-electron chi connectivity index (χ4n) is 2.12. The van der Waals surface area contributed by atoms with E-state index in [2.05, 4.69) is 0 Å². The Balaban J connectivity index is 2.47. The smallest absolute Gasteiger partial charge is 0.403 e. The minimum absolute atomic E-state index is 0.0854. The highest BCUT2D eigenvalue weighted by Crippen LogP contribution is 2.37. The maximum Gasteiger partial charge on any atom is 0.461 e. The molecular weight excluding hydrogens is 255 g/mol. The van der Waals surface area contributed by atoms with Crippen LogP contribution in [0.1, 0.15) is 48.0 Å². The maximum absolute atomic E-state index is 11.3. The van der Waals surface area contributed by atoms with Crippen molar-refractivity contribution < 1.29 is 18.9 Å². The number of hydrogen-bond acceptors (Lipinski definition) is 4. The molecule has 1 fully saturated rings. The predicted octanol–water partition coefficient (Wildman–Crippen LogP) is 2.82. The first-order chi connectivity index (χ1) is 9.07. The van der Waals surface area contributed by atoms with Gasteiger partial charge in [0.15, 0.2) is 0 Å². The lowest BCUT2D eigenvalue weighted by Crippen LogP contribution is -2.41. The molecule has 1 heterocycles. The minimum atomic E-state index is -0.524. The average Bonchev–Trinajstić information content (AvgIpc) is 2.45. The highest BCUT2D eigenvalue weighted by molar-refractivity contribution is 6.46. The molecule has 0 aliphatic carbocycles. The van der Waals surface area contributed by atoms with Crippen LogP contribution in [0, 0.1) is 5.92 Å². The van der Waals surface area contributed by atoms with Crippen LogP contribution < -0.4 is 0 Å². The molecule has 0 N–H and O–H groups in total. The summed E-state index contributed by atoms with van der Waals surface area (Å²) in [5.74, 6) is -0.694. The molecule has 0 saturated carbocycles. The first kappa shape index (κ1) is 17.1. The van der Waals surface area contributed by atoms with Gasteiger partial charge in [0, 0.05) is 6.32 Å². The van der Waals surface area contributed by atoms with Gasteiger partial charge in [-0.2, -0.15) is 0 Å². The number of carbonyl (C=O) groups is 2. The Labute approximate surface area is 122 Å². The van der Waals surface area contributed by atoms with E-state index < -0.39 is 5.92 Å². The van der Waals surface area contributed by atoms with E-state index in [0.29, 0.717) is 12.7 Å². The summed E-state index contributed by atoms with van der Waals surface area (Å²) in [5.41, 5.74) is -0.653. The van der Waals surface area contributed by atoms with Crippen LogP contribution in [-0.2, 0) is 18.9 Å². The molecule has 1 aliphatic rings. The van der Waals surface area contributed by atoms with Crippen LogP contribution >= 0.6 is 0 Å². The fraction of sp³-hybridized carbons (Fsp3) is 0.733. The van der Waals surface area contributed by atoms with E-state index in [0.717, 1.165) is 0 Å². The molecule has 0 radical (unpaired) electrons. The van der Waals surface area contributed by atoms with Crippen molar-refractivity contribution >= 4 is 18.7 Å². The molecular formula is C15H25BO4. The van der Waals surface area contributed by atoms with Gasteiger partial charge in [-0.1, -0.05) is 12.2 Å². The molecule has 1 saturated heterocycles. The second kappa shape index (κ2) is 6.23. The molecule has 0 aromatic carbocycles. The van der Waals surface area contributed by atoms with Crippen molar-refractivity contribution in [2.75, 3.05) is 0 Å². The molecule has 5 heteroatoms. The lowest BCUT2D eigenvalue weighted by Gasteiger charge is -2.32. The summed E-state index contributed by atoms with van der Waals surface area (Å²) in [7, 11) is -0.274. The summed E-state index contributed by atoms with van der Waals surface area (Å²) in [6, 6.07) is 0. The van der Waals surface area contributed by atoms with Gasteiger partial charge in [0.1, 0.15) is 11.6 Å². The van der Waals surface area contributed by atoms with Crippen LogP contribution in [0.2, 0.25) is 6.32 Å². The Morgan fingerprint density at radius 1 is 1.00 bits per heavy atom. The zero-order valence-corrected chi connectivity index (χ0v) is 13.4. The monoisotopic (exact) mass is 280 g/mol. The number of carbonyl (C=O) groups excluding carboxylic acids is 2. The normalized spacial score (nSPS) is 20.9. The first-order valence-electron chi connectivity index (χ1n) is 7.08. The van der Waals surface area contributed by atoms with E-state index >= 15 is 0 Å². The second-order valence-electron chi connectivity index (χ2n) is 6.40. The Bertz CT molecular complexity index is 382. The summed E-state index contributed by atoms with van der Waals surface area (Å²) in [6.07, 6.45) is 4.85. The molecule has 0 unspecified atom stereocenters. The lowest BCUT2D eigenvalue weighted by atomic mass is 9.84. The quantitative estimate of drug-likeness (QED) is 0.426. The summed E-state index contributed by atoms with van der Waals surface area (Å²) < 4.78 is 11.7. The topological polar surface area (TPSA) is 52.6 Å². The third kappa shape index (κ3) is 4.03. The zero-order valence-electron chi connectivity index (χ0n) is 13.4. The third-order valence-corrected chi connectivity index (χ3v) is 4.15. The first-order valence-corrected chi connectivity index (χ1v) is 7.08. The molecule has 0 amide bonds. The third-order valence-electron chi connectivity index (χ3n) is 4.15. The van der Waals surface area contributed by atoms with Crippen molar-refractivity contribution in [1.29, 1.82) is 0 Å². The zero-order chi connectivity index (χ0) is 15.6. The van der Waals surface area contributed by atoms with E-state index in [9.17, 15) is 9.59 Å². The molecule has 0 aromatic rings. The molecule has 1 aliphatic heterocycles. The Morgan fingerprint density at radius 3 is 1.85 bits per heavy atom. The lowest BCUT2D eigenvalue weighted by molar-refractivity contribution is -0.130. The van der Waals surface area contributed by atoms with E-state index in [-0.39, 0.29) is 29.9 Å². The van der Waals surface area contributed by atoms with Crippen LogP contribution in [0.25, 0.3) is 0 Å². The highest BCUT2D eigenvalue weighted by atomic mass is 16.7. The van der Waals surface area contributed by atoms with Gasteiger partial charge in [0.05, 0.1) is 17.1 Å². The number of allylic oxidation sites excluding steroid dienone is 2. The SMILES string of the molecule is CC(=O)C(C/C=C/CB1OC(C)(C)C(C)(C)O1)C(C)=O. The molecule has 4 nitrogen and oxygen atoms in total. The predicted molar refractivity (Wildman–Crippen MR) is 79.5 cm³/mol. The van der Waals surface area contributed by atoms with Crippen LogP contribution in [0.5, 0.6) is 0 Å². The number of hydrogen-bond donors (Lipinski definition) is 0.